The first kappa shape index (κ1) is 11.5. The van der Waals surface area contributed by atoms with Crippen LogP contribution in [0.2, 0.25) is 0 Å². The van der Waals surface area contributed by atoms with E-state index in [1.165, 1.54) is 27.8 Å². The van der Waals surface area contributed by atoms with Crippen molar-refractivity contribution >= 4 is 0 Å². The van der Waals surface area contributed by atoms with E-state index in [9.17, 15) is 0 Å². The molecule has 0 saturated heterocycles. The maximum Gasteiger partial charge on any atom is 0.0579 e. The summed E-state index contributed by atoms with van der Waals surface area (Å²) >= 11 is 0. The predicted molar refractivity (Wildman–Crippen MR) is 75.9 cm³/mol. The standard InChI is InChI=1S/C17H19N/c1-12-3-7-15(8-4-12)17-16-11-13(2)5-6-14(16)9-10-18-17/h3-8,11,17-18H,9-10H2,1-2H3. The molecule has 2 aromatic carbocycles. The third kappa shape index (κ3) is 2.06. The minimum Gasteiger partial charge on any atom is -0.306 e. The Hall–Kier alpha value is -1.60. The Morgan fingerprint density at radius 1 is 0.944 bits per heavy atom. The van der Waals surface area contributed by atoms with E-state index in [-0.39, 0.29) is 0 Å². The maximum absolute atomic E-state index is 3.64. The van der Waals surface area contributed by atoms with Crippen LogP contribution in [-0.2, 0) is 6.42 Å². The molecular weight excluding hydrogens is 218 g/mol. The van der Waals surface area contributed by atoms with Crippen LogP contribution in [0.4, 0.5) is 0 Å². The number of hydrogen-bond donors (Lipinski definition) is 1. The summed E-state index contributed by atoms with van der Waals surface area (Å²) in [6, 6.07) is 16.1. The summed E-state index contributed by atoms with van der Waals surface area (Å²) in [5.74, 6) is 0. The normalized spacial score (nSPS) is 18.4. The Morgan fingerprint density at radius 3 is 2.44 bits per heavy atom. The lowest BCUT2D eigenvalue weighted by Gasteiger charge is -2.28. The van der Waals surface area contributed by atoms with Crippen LogP contribution >= 0.6 is 0 Å². The van der Waals surface area contributed by atoms with Gasteiger partial charge in [0.15, 0.2) is 0 Å². The van der Waals surface area contributed by atoms with Crippen molar-refractivity contribution in [2.45, 2.75) is 26.3 Å². The van der Waals surface area contributed by atoms with Gasteiger partial charge in [0.1, 0.15) is 0 Å². The molecule has 1 unspecified atom stereocenters. The zero-order valence-corrected chi connectivity index (χ0v) is 11.0. The number of benzene rings is 2. The van der Waals surface area contributed by atoms with E-state index in [0.29, 0.717) is 6.04 Å². The van der Waals surface area contributed by atoms with Gasteiger partial charge in [0, 0.05) is 6.54 Å². The summed E-state index contributed by atoms with van der Waals surface area (Å²) in [4.78, 5) is 0. The van der Waals surface area contributed by atoms with E-state index >= 15 is 0 Å². The molecule has 1 nitrogen and oxygen atoms in total. The Labute approximate surface area is 109 Å². The van der Waals surface area contributed by atoms with Crippen LogP contribution in [0.1, 0.15) is 33.9 Å². The highest BCUT2D eigenvalue weighted by Crippen LogP contribution is 2.29. The molecule has 0 amide bonds. The monoisotopic (exact) mass is 237 g/mol. The predicted octanol–water partition coefficient (Wildman–Crippen LogP) is 3.54. The van der Waals surface area contributed by atoms with Crippen molar-refractivity contribution < 1.29 is 0 Å². The van der Waals surface area contributed by atoms with Gasteiger partial charge >= 0.3 is 0 Å². The van der Waals surface area contributed by atoms with Crippen molar-refractivity contribution in [3.05, 3.63) is 70.3 Å². The van der Waals surface area contributed by atoms with Crippen LogP contribution in [-0.4, -0.2) is 6.54 Å². The number of fused-ring (bicyclic) bond motifs is 1. The molecule has 1 aliphatic heterocycles. The van der Waals surface area contributed by atoms with Gasteiger partial charge in [0.05, 0.1) is 6.04 Å². The highest BCUT2D eigenvalue weighted by molar-refractivity contribution is 5.42. The molecule has 0 saturated carbocycles. The van der Waals surface area contributed by atoms with Gasteiger partial charge in [-0.2, -0.15) is 0 Å². The first-order valence-corrected chi connectivity index (χ1v) is 6.63. The maximum atomic E-state index is 3.64. The Morgan fingerprint density at radius 2 is 1.67 bits per heavy atom. The van der Waals surface area contributed by atoms with E-state index in [1.54, 1.807) is 0 Å². The van der Waals surface area contributed by atoms with E-state index in [4.69, 9.17) is 0 Å². The van der Waals surface area contributed by atoms with Gasteiger partial charge in [-0.3, -0.25) is 0 Å². The molecule has 1 aliphatic rings. The summed E-state index contributed by atoms with van der Waals surface area (Å²) in [6.07, 6.45) is 1.14. The van der Waals surface area contributed by atoms with E-state index in [2.05, 4.69) is 61.6 Å². The highest BCUT2D eigenvalue weighted by Gasteiger charge is 2.20. The van der Waals surface area contributed by atoms with Crippen molar-refractivity contribution in [1.82, 2.24) is 5.32 Å². The molecule has 92 valence electrons. The Bertz CT molecular complexity index is 554. The minimum absolute atomic E-state index is 0.356. The highest BCUT2D eigenvalue weighted by atomic mass is 14.9. The summed E-state index contributed by atoms with van der Waals surface area (Å²) in [6.45, 7) is 5.37. The average Bonchev–Trinajstić information content (AvgIpc) is 2.39. The molecule has 18 heavy (non-hydrogen) atoms. The summed E-state index contributed by atoms with van der Waals surface area (Å²) < 4.78 is 0. The van der Waals surface area contributed by atoms with Crippen LogP contribution in [0.3, 0.4) is 0 Å². The molecule has 0 fully saturated rings. The topological polar surface area (TPSA) is 12.0 Å². The van der Waals surface area contributed by atoms with E-state index in [0.717, 1.165) is 13.0 Å². The van der Waals surface area contributed by atoms with Crippen LogP contribution in [0.15, 0.2) is 42.5 Å². The quantitative estimate of drug-likeness (QED) is 0.800. The van der Waals surface area contributed by atoms with Crippen LogP contribution in [0.5, 0.6) is 0 Å². The van der Waals surface area contributed by atoms with Crippen LogP contribution < -0.4 is 5.32 Å². The molecule has 0 aromatic heterocycles. The molecule has 3 rings (SSSR count). The van der Waals surface area contributed by atoms with Gasteiger partial charge in [-0.25, -0.2) is 0 Å². The van der Waals surface area contributed by atoms with Crippen LogP contribution in [0, 0.1) is 13.8 Å². The van der Waals surface area contributed by atoms with Gasteiger partial charge in [-0.1, -0.05) is 53.6 Å². The Balaban J connectivity index is 2.05. The number of hydrogen-bond acceptors (Lipinski definition) is 1. The second kappa shape index (κ2) is 4.58. The number of aryl methyl sites for hydroxylation is 2. The lowest BCUT2D eigenvalue weighted by molar-refractivity contribution is 0.567. The van der Waals surface area contributed by atoms with E-state index < -0.39 is 0 Å². The Kier molecular flexibility index (Phi) is 2.92. The summed E-state index contributed by atoms with van der Waals surface area (Å²) in [5, 5.41) is 3.64. The fourth-order valence-corrected chi connectivity index (χ4v) is 2.73. The second-order valence-corrected chi connectivity index (χ2v) is 5.25. The number of rotatable bonds is 1. The van der Waals surface area contributed by atoms with Crippen molar-refractivity contribution in [3.63, 3.8) is 0 Å². The minimum atomic E-state index is 0.356. The van der Waals surface area contributed by atoms with Gasteiger partial charge in [0.2, 0.25) is 0 Å². The first-order chi connectivity index (χ1) is 8.74. The van der Waals surface area contributed by atoms with Crippen molar-refractivity contribution in [3.8, 4) is 0 Å². The second-order valence-electron chi connectivity index (χ2n) is 5.25. The zero-order valence-electron chi connectivity index (χ0n) is 11.0. The van der Waals surface area contributed by atoms with Gasteiger partial charge in [0.25, 0.3) is 0 Å². The fraction of sp³-hybridized carbons (Fsp3) is 0.294. The molecule has 1 heteroatoms. The largest absolute Gasteiger partial charge is 0.306 e. The SMILES string of the molecule is Cc1ccc(C2NCCc3ccc(C)cc32)cc1. The smallest absolute Gasteiger partial charge is 0.0579 e. The molecule has 0 aliphatic carbocycles. The zero-order chi connectivity index (χ0) is 12.5. The lowest BCUT2D eigenvalue weighted by Crippen LogP contribution is -2.30. The number of nitrogens with one attached hydrogen (secondary N) is 1. The molecule has 1 heterocycles. The molecule has 1 N–H and O–H groups in total. The summed E-state index contributed by atoms with van der Waals surface area (Å²) in [5.41, 5.74) is 6.97. The third-order valence-corrected chi connectivity index (χ3v) is 3.77. The lowest BCUT2D eigenvalue weighted by atomic mass is 9.88. The van der Waals surface area contributed by atoms with Crippen LogP contribution in [0.25, 0.3) is 0 Å². The van der Waals surface area contributed by atoms with Crippen molar-refractivity contribution in [1.29, 1.82) is 0 Å². The third-order valence-electron chi connectivity index (χ3n) is 3.77. The fourth-order valence-electron chi connectivity index (χ4n) is 2.73. The molecule has 0 spiro atoms. The average molecular weight is 237 g/mol. The summed E-state index contributed by atoms with van der Waals surface area (Å²) in [7, 11) is 0. The molecule has 2 aromatic rings. The first-order valence-electron chi connectivity index (χ1n) is 6.63. The molecule has 0 radical (unpaired) electrons. The van der Waals surface area contributed by atoms with Gasteiger partial charge < -0.3 is 5.32 Å². The van der Waals surface area contributed by atoms with Crippen molar-refractivity contribution in [2.24, 2.45) is 0 Å². The van der Waals surface area contributed by atoms with Gasteiger partial charge in [-0.15, -0.1) is 0 Å². The van der Waals surface area contributed by atoms with E-state index in [1.807, 2.05) is 0 Å². The van der Waals surface area contributed by atoms with Gasteiger partial charge in [-0.05, 0) is 37.0 Å². The van der Waals surface area contributed by atoms with Crippen molar-refractivity contribution in [2.75, 3.05) is 6.54 Å². The molecular formula is C17H19N. The molecule has 1 atom stereocenters. The molecule has 0 bridgehead atoms.